The first-order valence-corrected chi connectivity index (χ1v) is 11.0. The van der Waals surface area contributed by atoms with Gasteiger partial charge in [-0.1, -0.05) is 36.0 Å². The Bertz CT molecular complexity index is 952. The molecule has 5 nitrogen and oxygen atoms in total. The zero-order valence-electron chi connectivity index (χ0n) is 16.7. The quantitative estimate of drug-likeness (QED) is 0.577. The van der Waals surface area contributed by atoms with Crippen molar-refractivity contribution in [1.82, 2.24) is 14.9 Å². The molecule has 29 heavy (non-hydrogen) atoms. The summed E-state index contributed by atoms with van der Waals surface area (Å²) < 4.78 is 0. The van der Waals surface area contributed by atoms with Crippen molar-refractivity contribution in [2.75, 3.05) is 37.3 Å². The molecular weight excluding hydrogens is 380 g/mol. The van der Waals surface area contributed by atoms with Gasteiger partial charge in [0.1, 0.15) is 5.03 Å². The lowest BCUT2D eigenvalue weighted by atomic mass is 9.96. The molecule has 0 unspecified atom stereocenters. The highest BCUT2D eigenvalue weighted by Crippen LogP contribution is 2.26. The van der Waals surface area contributed by atoms with E-state index in [1.165, 1.54) is 17.4 Å². The number of piperidine rings is 1. The van der Waals surface area contributed by atoms with Crippen molar-refractivity contribution in [2.24, 2.45) is 5.92 Å². The van der Waals surface area contributed by atoms with Crippen LogP contribution in [-0.2, 0) is 4.79 Å². The maximum Gasteiger partial charge on any atom is 0.232 e. The van der Waals surface area contributed by atoms with Crippen LogP contribution in [0.5, 0.6) is 0 Å². The van der Waals surface area contributed by atoms with Gasteiger partial charge in [0.25, 0.3) is 0 Å². The third-order valence-electron chi connectivity index (χ3n) is 5.57. The van der Waals surface area contributed by atoms with E-state index >= 15 is 0 Å². The van der Waals surface area contributed by atoms with Crippen LogP contribution in [0, 0.1) is 5.92 Å². The van der Waals surface area contributed by atoms with Gasteiger partial charge in [0.2, 0.25) is 5.91 Å². The second kappa shape index (κ2) is 9.27. The van der Waals surface area contributed by atoms with Crippen molar-refractivity contribution in [3.63, 3.8) is 0 Å². The number of amides is 1. The SMILES string of the molecule is CN(CC1CCN(c2ccncc2)CC1)C(=O)CSc1nccc2ccccc12. The fraction of sp³-hybridized carbons (Fsp3) is 0.348. The molecule has 0 bridgehead atoms. The van der Waals surface area contributed by atoms with Gasteiger partial charge in [0.05, 0.1) is 5.75 Å². The number of aromatic nitrogens is 2. The molecule has 1 aromatic carbocycles. The van der Waals surface area contributed by atoms with Crippen molar-refractivity contribution in [2.45, 2.75) is 17.9 Å². The van der Waals surface area contributed by atoms with E-state index < -0.39 is 0 Å². The molecule has 0 spiro atoms. The molecule has 1 fully saturated rings. The number of pyridine rings is 2. The standard InChI is InChI=1S/C23H26N4OS/c1-26(16-18-9-14-27(15-10-18)20-7-11-24-12-8-20)22(28)17-29-23-21-5-3-2-4-19(21)6-13-25-23/h2-8,11-13,18H,9-10,14-17H2,1H3. The normalized spacial score (nSPS) is 14.9. The van der Waals surface area contributed by atoms with Crippen LogP contribution in [0.2, 0.25) is 0 Å². The molecule has 1 saturated heterocycles. The Balaban J connectivity index is 1.27. The van der Waals surface area contributed by atoms with E-state index in [2.05, 4.69) is 39.1 Å². The number of thioether (sulfide) groups is 1. The Morgan fingerprint density at radius 2 is 1.86 bits per heavy atom. The van der Waals surface area contributed by atoms with E-state index in [0.29, 0.717) is 11.7 Å². The van der Waals surface area contributed by atoms with Gasteiger partial charge in [-0.05, 0) is 42.3 Å². The van der Waals surface area contributed by atoms with Crippen LogP contribution in [0.4, 0.5) is 5.69 Å². The zero-order valence-corrected chi connectivity index (χ0v) is 17.5. The Labute approximate surface area is 176 Å². The van der Waals surface area contributed by atoms with Crippen LogP contribution in [0.15, 0.2) is 66.1 Å². The molecule has 6 heteroatoms. The highest BCUT2D eigenvalue weighted by molar-refractivity contribution is 8.00. The number of fused-ring (bicyclic) bond motifs is 1. The summed E-state index contributed by atoms with van der Waals surface area (Å²) in [6.45, 7) is 2.89. The van der Waals surface area contributed by atoms with Crippen molar-refractivity contribution in [3.8, 4) is 0 Å². The zero-order chi connectivity index (χ0) is 20.1. The van der Waals surface area contributed by atoms with Crippen LogP contribution in [0.1, 0.15) is 12.8 Å². The summed E-state index contributed by atoms with van der Waals surface area (Å²) in [7, 11) is 1.93. The molecule has 4 rings (SSSR count). The number of hydrogen-bond acceptors (Lipinski definition) is 5. The largest absolute Gasteiger partial charge is 0.371 e. The third-order valence-corrected chi connectivity index (χ3v) is 6.56. The van der Waals surface area contributed by atoms with Gasteiger partial charge in [0, 0.05) is 56.3 Å². The average molecular weight is 407 g/mol. The minimum Gasteiger partial charge on any atom is -0.371 e. The maximum absolute atomic E-state index is 12.7. The molecular formula is C23H26N4OS. The average Bonchev–Trinajstić information content (AvgIpc) is 2.78. The Morgan fingerprint density at radius 1 is 1.10 bits per heavy atom. The highest BCUT2D eigenvalue weighted by Gasteiger charge is 2.22. The summed E-state index contributed by atoms with van der Waals surface area (Å²) in [5, 5.41) is 3.20. The lowest BCUT2D eigenvalue weighted by Gasteiger charge is -2.35. The minimum atomic E-state index is 0.168. The second-order valence-corrected chi connectivity index (χ2v) is 8.50. The molecule has 0 atom stereocenters. The minimum absolute atomic E-state index is 0.168. The Hall–Kier alpha value is -2.60. The fourth-order valence-corrected chi connectivity index (χ4v) is 4.82. The van der Waals surface area contributed by atoms with Crippen LogP contribution in [-0.4, -0.2) is 53.2 Å². The van der Waals surface area contributed by atoms with Gasteiger partial charge in [0.15, 0.2) is 0 Å². The van der Waals surface area contributed by atoms with Crippen LogP contribution in [0.3, 0.4) is 0 Å². The number of carbonyl (C=O) groups excluding carboxylic acids is 1. The van der Waals surface area contributed by atoms with Gasteiger partial charge in [-0.3, -0.25) is 9.78 Å². The van der Waals surface area contributed by atoms with Gasteiger partial charge >= 0.3 is 0 Å². The van der Waals surface area contributed by atoms with E-state index in [1.54, 1.807) is 0 Å². The van der Waals surface area contributed by atoms with E-state index in [9.17, 15) is 4.79 Å². The van der Waals surface area contributed by atoms with E-state index in [4.69, 9.17) is 0 Å². The fourth-order valence-electron chi connectivity index (χ4n) is 3.86. The van der Waals surface area contributed by atoms with E-state index in [0.717, 1.165) is 48.3 Å². The summed E-state index contributed by atoms with van der Waals surface area (Å²) in [5.74, 6) is 1.15. The summed E-state index contributed by atoms with van der Waals surface area (Å²) in [5.41, 5.74) is 1.24. The molecule has 0 radical (unpaired) electrons. The molecule has 1 aliphatic rings. The topological polar surface area (TPSA) is 49.3 Å². The molecule has 150 valence electrons. The molecule has 0 N–H and O–H groups in total. The number of nitrogens with zero attached hydrogens (tertiary/aromatic N) is 4. The van der Waals surface area contributed by atoms with Gasteiger partial charge in [-0.15, -0.1) is 0 Å². The number of benzene rings is 1. The summed E-state index contributed by atoms with van der Waals surface area (Å²) in [6, 6.07) is 14.3. The highest BCUT2D eigenvalue weighted by atomic mass is 32.2. The molecule has 3 aromatic rings. The van der Waals surface area contributed by atoms with Crippen molar-refractivity contribution in [1.29, 1.82) is 0 Å². The summed E-state index contributed by atoms with van der Waals surface area (Å²) >= 11 is 1.53. The molecule has 1 amide bonds. The van der Waals surface area contributed by atoms with Gasteiger partial charge < -0.3 is 9.80 Å². The number of anilines is 1. The van der Waals surface area contributed by atoms with Crippen LogP contribution >= 0.6 is 11.8 Å². The van der Waals surface area contributed by atoms with E-state index in [-0.39, 0.29) is 5.91 Å². The first-order chi connectivity index (χ1) is 14.2. The number of carbonyl (C=O) groups is 1. The van der Waals surface area contributed by atoms with Crippen LogP contribution < -0.4 is 4.90 Å². The first kappa shape index (κ1) is 19.7. The molecule has 2 aromatic heterocycles. The van der Waals surface area contributed by atoms with Crippen LogP contribution in [0.25, 0.3) is 10.8 Å². The Kier molecular flexibility index (Phi) is 6.30. The summed E-state index contributed by atoms with van der Waals surface area (Å²) in [4.78, 5) is 25.5. The maximum atomic E-state index is 12.7. The number of rotatable bonds is 6. The van der Waals surface area contributed by atoms with Gasteiger partial charge in [-0.2, -0.15) is 0 Å². The van der Waals surface area contributed by atoms with Crippen molar-refractivity contribution >= 4 is 34.1 Å². The lowest BCUT2D eigenvalue weighted by Crippen LogP contribution is -2.40. The predicted octanol–water partition coefficient (Wildman–Crippen LogP) is 4.10. The molecule has 0 aliphatic carbocycles. The summed E-state index contributed by atoms with van der Waals surface area (Å²) in [6.07, 6.45) is 7.72. The monoisotopic (exact) mass is 406 g/mol. The number of hydrogen-bond donors (Lipinski definition) is 0. The van der Waals surface area contributed by atoms with E-state index in [1.807, 2.05) is 48.7 Å². The second-order valence-electron chi connectivity index (χ2n) is 7.54. The van der Waals surface area contributed by atoms with Crippen molar-refractivity contribution < 1.29 is 4.79 Å². The Morgan fingerprint density at radius 3 is 2.66 bits per heavy atom. The molecule has 0 saturated carbocycles. The molecule has 3 heterocycles. The van der Waals surface area contributed by atoms with Gasteiger partial charge in [-0.25, -0.2) is 4.98 Å². The first-order valence-electron chi connectivity index (χ1n) is 10.1. The molecule has 1 aliphatic heterocycles. The van der Waals surface area contributed by atoms with Crippen molar-refractivity contribution in [3.05, 3.63) is 61.1 Å². The third kappa shape index (κ3) is 4.88. The smallest absolute Gasteiger partial charge is 0.232 e. The lowest BCUT2D eigenvalue weighted by molar-refractivity contribution is -0.127. The predicted molar refractivity (Wildman–Crippen MR) is 119 cm³/mol.